The van der Waals surface area contributed by atoms with Crippen LogP contribution in [0.3, 0.4) is 0 Å². The molecule has 0 aromatic heterocycles. The number of benzene rings is 1. The third-order valence-corrected chi connectivity index (χ3v) is 4.01. The van der Waals surface area contributed by atoms with Crippen LogP contribution in [0.1, 0.15) is 37.2 Å². The zero-order chi connectivity index (χ0) is 12.5. The molecule has 1 saturated heterocycles. The van der Waals surface area contributed by atoms with Crippen molar-refractivity contribution in [2.75, 3.05) is 13.1 Å². The van der Waals surface area contributed by atoms with Crippen LogP contribution in [0.15, 0.2) is 24.3 Å². The number of amides is 1. The highest BCUT2D eigenvalue weighted by Crippen LogP contribution is 2.44. The lowest BCUT2D eigenvalue weighted by Crippen LogP contribution is -2.33. The summed E-state index contributed by atoms with van der Waals surface area (Å²) < 4.78 is 13.0. The van der Waals surface area contributed by atoms with E-state index in [1.165, 1.54) is 12.1 Å². The molecule has 1 aliphatic carbocycles. The lowest BCUT2D eigenvalue weighted by atomic mass is 9.92. The maximum absolute atomic E-state index is 13.0. The van der Waals surface area contributed by atoms with Gasteiger partial charge in [0.2, 0.25) is 5.91 Å². The van der Waals surface area contributed by atoms with Crippen LogP contribution in [0, 0.1) is 11.7 Å². The number of carbonyl (C=O) groups is 1. The van der Waals surface area contributed by atoms with Crippen molar-refractivity contribution in [1.82, 2.24) is 4.90 Å². The van der Waals surface area contributed by atoms with Gasteiger partial charge in [0.1, 0.15) is 5.82 Å². The Morgan fingerprint density at radius 2 is 1.78 bits per heavy atom. The molecule has 0 bridgehead atoms. The molecule has 2 nitrogen and oxygen atoms in total. The van der Waals surface area contributed by atoms with Crippen LogP contribution < -0.4 is 0 Å². The Morgan fingerprint density at radius 3 is 2.33 bits per heavy atom. The van der Waals surface area contributed by atoms with Gasteiger partial charge in [-0.25, -0.2) is 4.39 Å². The van der Waals surface area contributed by atoms with Crippen LogP contribution in [-0.2, 0) is 4.79 Å². The van der Waals surface area contributed by atoms with Gasteiger partial charge in [0.15, 0.2) is 0 Å². The maximum atomic E-state index is 13.0. The van der Waals surface area contributed by atoms with Gasteiger partial charge in [0, 0.05) is 13.1 Å². The van der Waals surface area contributed by atoms with Crippen LogP contribution in [0.2, 0.25) is 0 Å². The molecule has 1 aliphatic heterocycles. The maximum Gasteiger partial charge on any atom is 0.230 e. The van der Waals surface area contributed by atoms with E-state index in [1.807, 2.05) is 4.90 Å². The SMILES string of the molecule is O=C(C(c1ccc(F)cc1)C1CC1)N1CCCC1. The van der Waals surface area contributed by atoms with Crippen molar-refractivity contribution < 1.29 is 9.18 Å². The van der Waals surface area contributed by atoms with E-state index in [0.717, 1.165) is 44.3 Å². The average molecular weight is 247 g/mol. The van der Waals surface area contributed by atoms with Gasteiger partial charge >= 0.3 is 0 Å². The number of hydrogen-bond acceptors (Lipinski definition) is 1. The Hall–Kier alpha value is -1.38. The predicted molar refractivity (Wildman–Crippen MR) is 67.7 cm³/mol. The Morgan fingerprint density at radius 1 is 1.17 bits per heavy atom. The molecule has 2 fully saturated rings. The van der Waals surface area contributed by atoms with E-state index in [9.17, 15) is 9.18 Å². The summed E-state index contributed by atoms with van der Waals surface area (Å²) in [4.78, 5) is 14.5. The standard InChI is InChI=1S/C15H18FNO/c16-13-7-5-12(6-8-13)14(11-3-4-11)15(18)17-9-1-2-10-17/h5-8,11,14H,1-4,9-10H2. The summed E-state index contributed by atoms with van der Waals surface area (Å²) in [5, 5.41) is 0. The Bertz CT molecular complexity index is 432. The summed E-state index contributed by atoms with van der Waals surface area (Å²) in [6.07, 6.45) is 4.49. The largest absolute Gasteiger partial charge is 0.342 e. The van der Waals surface area contributed by atoms with E-state index < -0.39 is 0 Å². The topological polar surface area (TPSA) is 20.3 Å². The third-order valence-electron chi connectivity index (χ3n) is 4.01. The highest BCUT2D eigenvalue weighted by atomic mass is 19.1. The summed E-state index contributed by atoms with van der Waals surface area (Å²) in [6, 6.07) is 6.46. The quantitative estimate of drug-likeness (QED) is 0.804. The first kappa shape index (κ1) is 11.7. The molecule has 1 amide bonds. The summed E-state index contributed by atoms with van der Waals surface area (Å²) in [5.74, 6) is 0.454. The first-order valence-electron chi connectivity index (χ1n) is 6.80. The second kappa shape index (κ2) is 4.71. The molecule has 0 radical (unpaired) electrons. The first-order chi connectivity index (χ1) is 8.75. The fourth-order valence-corrected chi connectivity index (χ4v) is 2.85. The Kier molecular flexibility index (Phi) is 3.06. The number of rotatable bonds is 3. The van der Waals surface area contributed by atoms with Crippen molar-refractivity contribution in [3.8, 4) is 0 Å². The molecule has 3 heteroatoms. The number of halogens is 1. The molecule has 1 saturated carbocycles. The number of likely N-dealkylation sites (tertiary alicyclic amines) is 1. The average Bonchev–Trinajstić information content (AvgIpc) is 3.05. The fourth-order valence-electron chi connectivity index (χ4n) is 2.85. The Balaban J connectivity index is 1.83. The van der Waals surface area contributed by atoms with Crippen LogP contribution >= 0.6 is 0 Å². The van der Waals surface area contributed by atoms with Crippen molar-refractivity contribution >= 4 is 5.91 Å². The second-order valence-corrected chi connectivity index (χ2v) is 5.40. The predicted octanol–water partition coefficient (Wildman–Crippen LogP) is 2.94. The third kappa shape index (κ3) is 2.26. The van der Waals surface area contributed by atoms with Crippen LogP contribution in [0.4, 0.5) is 4.39 Å². The molecule has 2 aliphatic rings. The lowest BCUT2D eigenvalue weighted by Gasteiger charge is -2.23. The second-order valence-electron chi connectivity index (χ2n) is 5.40. The minimum atomic E-state index is -0.234. The van der Waals surface area contributed by atoms with Crippen LogP contribution in [0.5, 0.6) is 0 Å². The molecule has 1 aromatic carbocycles. The van der Waals surface area contributed by atoms with Crippen molar-refractivity contribution in [3.63, 3.8) is 0 Å². The molecule has 18 heavy (non-hydrogen) atoms. The van der Waals surface area contributed by atoms with Gasteiger partial charge in [0.05, 0.1) is 5.92 Å². The molecule has 1 aromatic rings. The van der Waals surface area contributed by atoms with Gasteiger partial charge in [-0.1, -0.05) is 12.1 Å². The van der Waals surface area contributed by atoms with E-state index in [4.69, 9.17) is 0 Å². The molecule has 1 unspecified atom stereocenters. The highest BCUT2D eigenvalue weighted by molar-refractivity contribution is 5.84. The van der Waals surface area contributed by atoms with Gasteiger partial charge in [0.25, 0.3) is 0 Å². The Labute approximate surface area is 107 Å². The molecular weight excluding hydrogens is 229 g/mol. The smallest absolute Gasteiger partial charge is 0.230 e. The molecule has 3 rings (SSSR count). The van der Waals surface area contributed by atoms with Crippen molar-refractivity contribution in [3.05, 3.63) is 35.6 Å². The molecule has 96 valence electrons. The summed E-state index contributed by atoms with van der Waals surface area (Å²) in [5.41, 5.74) is 0.982. The van der Waals surface area contributed by atoms with E-state index in [0.29, 0.717) is 5.92 Å². The number of carbonyl (C=O) groups excluding carboxylic acids is 1. The van der Waals surface area contributed by atoms with Gasteiger partial charge in [-0.2, -0.15) is 0 Å². The summed E-state index contributed by atoms with van der Waals surface area (Å²) >= 11 is 0. The zero-order valence-corrected chi connectivity index (χ0v) is 10.4. The molecular formula is C15H18FNO. The van der Waals surface area contributed by atoms with Gasteiger partial charge < -0.3 is 4.90 Å². The molecule has 1 atom stereocenters. The normalized spacial score (nSPS) is 21.1. The first-order valence-corrected chi connectivity index (χ1v) is 6.80. The number of hydrogen-bond donors (Lipinski definition) is 0. The van der Waals surface area contributed by atoms with Gasteiger partial charge in [-0.3, -0.25) is 4.79 Å². The minimum absolute atomic E-state index is 0.0382. The number of nitrogens with zero attached hydrogens (tertiary/aromatic N) is 1. The van der Waals surface area contributed by atoms with E-state index in [1.54, 1.807) is 12.1 Å². The van der Waals surface area contributed by atoms with Crippen LogP contribution in [0.25, 0.3) is 0 Å². The van der Waals surface area contributed by atoms with Crippen molar-refractivity contribution in [1.29, 1.82) is 0 Å². The molecule has 0 spiro atoms. The van der Waals surface area contributed by atoms with Crippen molar-refractivity contribution in [2.45, 2.75) is 31.6 Å². The highest BCUT2D eigenvalue weighted by Gasteiger charge is 2.39. The van der Waals surface area contributed by atoms with Gasteiger partial charge in [-0.15, -0.1) is 0 Å². The van der Waals surface area contributed by atoms with E-state index >= 15 is 0 Å². The summed E-state index contributed by atoms with van der Waals surface area (Å²) in [7, 11) is 0. The van der Waals surface area contributed by atoms with E-state index in [-0.39, 0.29) is 17.6 Å². The fraction of sp³-hybridized carbons (Fsp3) is 0.533. The van der Waals surface area contributed by atoms with Crippen molar-refractivity contribution in [2.24, 2.45) is 5.92 Å². The van der Waals surface area contributed by atoms with E-state index in [2.05, 4.69) is 0 Å². The molecule has 0 N–H and O–H groups in total. The molecule has 1 heterocycles. The van der Waals surface area contributed by atoms with Gasteiger partial charge in [-0.05, 0) is 49.3 Å². The zero-order valence-electron chi connectivity index (χ0n) is 10.4. The summed E-state index contributed by atoms with van der Waals surface area (Å²) in [6.45, 7) is 1.78. The van der Waals surface area contributed by atoms with Crippen LogP contribution in [-0.4, -0.2) is 23.9 Å². The lowest BCUT2D eigenvalue weighted by molar-refractivity contribution is -0.132. The monoisotopic (exact) mass is 247 g/mol. The minimum Gasteiger partial charge on any atom is -0.342 e.